The molecular formula is C17H23N3O3. The molecule has 3 rings (SSSR count). The van der Waals surface area contributed by atoms with Gasteiger partial charge in [-0.2, -0.15) is 0 Å². The molecule has 6 nitrogen and oxygen atoms in total. The van der Waals surface area contributed by atoms with Crippen molar-refractivity contribution in [2.45, 2.75) is 25.3 Å². The monoisotopic (exact) mass is 317 g/mol. The lowest BCUT2D eigenvalue weighted by Crippen LogP contribution is -2.43. The Hall–Kier alpha value is -1.92. The predicted octanol–water partition coefficient (Wildman–Crippen LogP) is 1.24. The molecule has 2 fully saturated rings. The molecule has 23 heavy (non-hydrogen) atoms. The Balaban J connectivity index is 1.65. The van der Waals surface area contributed by atoms with Gasteiger partial charge in [-0.3, -0.25) is 9.59 Å². The van der Waals surface area contributed by atoms with Crippen molar-refractivity contribution in [1.82, 2.24) is 10.2 Å². The number of morpholine rings is 1. The van der Waals surface area contributed by atoms with Gasteiger partial charge in [-0.1, -0.05) is 12.1 Å². The van der Waals surface area contributed by atoms with Crippen molar-refractivity contribution in [3.63, 3.8) is 0 Å². The van der Waals surface area contributed by atoms with Crippen molar-refractivity contribution in [2.75, 3.05) is 38.2 Å². The van der Waals surface area contributed by atoms with E-state index in [1.807, 2.05) is 17.0 Å². The van der Waals surface area contributed by atoms with Gasteiger partial charge in [-0.05, 0) is 25.0 Å². The Bertz CT molecular complexity index is 564. The number of hydrogen-bond acceptors (Lipinski definition) is 4. The lowest BCUT2D eigenvalue weighted by atomic mass is 10.1. The SMILES string of the molecule is O=C(CC1COCCN1)Nc1ccccc1C(=O)N1CCCC1. The first-order chi connectivity index (χ1) is 11.2. The summed E-state index contributed by atoms with van der Waals surface area (Å²) < 4.78 is 5.36. The van der Waals surface area contributed by atoms with Crippen LogP contribution in [0.2, 0.25) is 0 Å². The smallest absolute Gasteiger partial charge is 0.255 e. The quantitative estimate of drug-likeness (QED) is 0.876. The van der Waals surface area contributed by atoms with Gasteiger partial charge in [0.2, 0.25) is 5.91 Å². The first-order valence-electron chi connectivity index (χ1n) is 8.23. The summed E-state index contributed by atoms with van der Waals surface area (Å²) in [6.07, 6.45) is 2.44. The number of nitrogens with one attached hydrogen (secondary N) is 2. The maximum Gasteiger partial charge on any atom is 0.255 e. The molecule has 6 heteroatoms. The van der Waals surface area contributed by atoms with Gasteiger partial charge in [0.15, 0.2) is 0 Å². The van der Waals surface area contributed by atoms with Crippen LogP contribution in [0.1, 0.15) is 29.6 Å². The van der Waals surface area contributed by atoms with E-state index in [-0.39, 0.29) is 17.9 Å². The summed E-state index contributed by atoms with van der Waals surface area (Å²) in [6, 6.07) is 7.25. The number of para-hydroxylation sites is 1. The molecule has 0 spiro atoms. The zero-order valence-corrected chi connectivity index (χ0v) is 13.2. The molecule has 1 unspecified atom stereocenters. The van der Waals surface area contributed by atoms with Gasteiger partial charge in [-0.25, -0.2) is 0 Å². The maximum absolute atomic E-state index is 12.6. The first kappa shape index (κ1) is 16.0. The molecule has 0 aliphatic carbocycles. The molecule has 0 bridgehead atoms. The molecule has 0 aromatic heterocycles. The highest BCUT2D eigenvalue weighted by molar-refractivity contribution is 6.03. The molecule has 2 N–H and O–H groups in total. The summed E-state index contributed by atoms with van der Waals surface area (Å²) in [5, 5.41) is 6.14. The van der Waals surface area contributed by atoms with E-state index in [1.54, 1.807) is 12.1 Å². The average Bonchev–Trinajstić information content (AvgIpc) is 3.10. The predicted molar refractivity (Wildman–Crippen MR) is 87.4 cm³/mol. The fraction of sp³-hybridized carbons (Fsp3) is 0.529. The van der Waals surface area contributed by atoms with Crippen LogP contribution in [0, 0.1) is 0 Å². The number of amides is 2. The second-order valence-corrected chi connectivity index (χ2v) is 6.02. The van der Waals surface area contributed by atoms with Crippen LogP contribution in [0.5, 0.6) is 0 Å². The number of benzene rings is 1. The van der Waals surface area contributed by atoms with Crippen LogP contribution in [-0.4, -0.2) is 55.6 Å². The van der Waals surface area contributed by atoms with Crippen LogP contribution < -0.4 is 10.6 Å². The summed E-state index contributed by atoms with van der Waals surface area (Å²) in [7, 11) is 0. The van der Waals surface area contributed by atoms with E-state index in [4.69, 9.17) is 4.74 Å². The third kappa shape index (κ3) is 4.09. The second kappa shape index (κ2) is 7.57. The molecule has 2 aliphatic rings. The molecule has 0 radical (unpaired) electrons. The Morgan fingerprint density at radius 3 is 2.78 bits per heavy atom. The minimum atomic E-state index is -0.102. The topological polar surface area (TPSA) is 70.7 Å². The summed E-state index contributed by atoms with van der Waals surface area (Å²) in [4.78, 5) is 26.7. The minimum absolute atomic E-state index is 0.00229. The summed E-state index contributed by atoms with van der Waals surface area (Å²) in [6.45, 7) is 3.59. The number of ether oxygens (including phenoxy) is 1. The van der Waals surface area contributed by atoms with Crippen LogP contribution in [0.15, 0.2) is 24.3 Å². The highest BCUT2D eigenvalue weighted by Crippen LogP contribution is 2.20. The van der Waals surface area contributed by atoms with Crippen LogP contribution in [0.4, 0.5) is 5.69 Å². The molecule has 2 saturated heterocycles. The zero-order valence-electron chi connectivity index (χ0n) is 13.2. The van der Waals surface area contributed by atoms with Gasteiger partial charge in [0.25, 0.3) is 5.91 Å². The van der Waals surface area contributed by atoms with Crippen LogP contribution >= 0.6 is 0 Å². The second-order valence-electron chi connectivity index (χ2n) is 6.02. The molecule has 2 heterocycles. The Morgan fingerprint density at radius 1 is 1.26 bits per heavy atom. The molecular weight excluding hydrogens is 294 g/mol. The van der Waals surface area contributed by atoms with Crippen LogP contribution in [0.25, 0.3) is 0 Å². The molecule has 1 aromatic rings. The highest BCUT2D eigenvalue weighted by Gasteiger charge is 2.23. The molecule has 0 saturated carbocycles. The van der Waals surface area contributed by atoms with E-state index in [1.165, 1.54) is 0 Å². The lowest BCUT2D eigenvalue weighted by Gasteiger charge is -2.23. The van der Waals surface area contributed by atoms with Crippen molar-refractivity contribution in [3.8, 4) is 0 Å². The molecule has 1 aromatic carbocycles. The average molecular weight is 317 g/mol. The van der Waals surface area contributed by atoms with Crippen LogP contribution in [-0.2, 0) is 9.53 Å². The Kier molecular flexibility index (Phi) is 5.25. The van der Waals surface area contributed by atoms with E-state index in [9.17, 15) is 9.59 Å². The number of nitrogens with zero attached hydrogens (tertiary/aromatic N) is 1. The van der Waals surface area contributed by atoms with Gasteiger partial charge in [0, 0.05) is 32.1 Å². The molecule has 124 valence electrons. The fourth-order valence-electron chi connectivity index (χ4n) is 3.05. The van der Waals surface area contributed by atoms with Gasteiger partial charge < -0.3 is 20.3 Å². The van der Waals surface area contributed by atoms with Crippen molar-refractivity contribution in [3.05, 3.63) is 29.8 Å². The molecule has 1 atom stereocenters. The van der Waals surface area contributed by atoms with Crippen molar-refractivity contribution in [2.24, 2.45) is 0 Å². The third-order valence-corrected chi connectivity index (χ3v) is 4.26. The zero-order chi connectivity index (χ0) is 16.1. The van der Waals surface area contributed by atoms with E-state index in [2.05, 4.69) is 10.6 Å². The van der Waals surface area contributed by atoms with Crippen LogP contribution in [0.3, 0.4) is 0 Å². The number of likely N-dealkylation sites (tertiary alicyclic amines) is 1. The lowest BCUT2D eigenvalue weighted by molar-refractivity contribution is -0.117. The number of anilines is 1. The van der Waals surface area contributed by atoms with E-state index >= 15 is 0 Å². The van der Waals surface area contributed by atoms with Gasteiger partial charge in [-0.15, -0.1) is 0 Å². The first-order valence-corrected chi connectivity index (χ1v) is 8.23. The number of rotatable bonds is 4. The minimum Gasteiger partial charge on any atom is -0.378 e. The van der Waals surface area contributed by atoms with Crippen molar-refractivity contribution in [1.29, 1.82) is 0 Å². The number of carbonyl (C=O) groups is 2. The van der Waals surface area contributed by atoms with Gasteiger partial charge in [0.1, 0.15) is 0 Å². The number of hydrogen-bond donors (Lipinski definition) is 2. The van der Waals surface area contributed by atoms with E-state index in [0.717, 1.165) is 32.5 Å². The number of carbonyl (C=O) groups excluding carboxylic acids is 2. The molecule has 2 aliphatic heterocycles. The van der Waals surface area contributed by atoms with Gasteiger partial charge in [0.05, 0.1) is 24.5 Å². The largest absolute Gasteiger partial charge is 0.378 e. The Morgan fingerprint density at radius 2 is 2.04 bits per heavy atom. The highest BCUT2D eigenvalue weighted by atomic mass is 16.5. The van der Waals surface area contributed by atoms with E-state index in [0.29, 0.717) is 30.9 Å². The van der Waals surface area contributed by atoms with E-state index < -0.39 is 0 Å². The Labute approximate surface area is 136 Å². The molecule has 2 amide bonds. The van der Waals surface area contributed by atoms with Crippen molar-refractivity contribution >= 4 is 17.5 Å². The fourth-order valence-corrected chi connectivity index (χ4v) is 3.05. The maximum atomic E-state index is 12.6. The summed E-state index contributed by atoms with van der Waals surface area (Å²) in [5.41, 5.74) is 1.15. The summed E-state index contributed by atoms with van der Waals surface area (Å²) in [5.74, 6) is -0.104. The summed E-state index contributed by atoms with van der Waals surface area (Å²) >= 11 is 0. The standard InChI is InChI=1S/C17H23N3O3/c21-16(11-13-12-23-10-7-18-13)19-15-6-2-1-5-14(15)17(22)20-8-3-4-9-20/h1-2,5-6,13,18H,3-4,7-12H2,(H,19,21). The van der Waals surface area contributed by atoms with Gasteiger partial charge >= 0.3 is 0 Å². The van der Waals surface area contributed by atoms with Crippen molar-refractivity contribution < 1.29 is 14.3 Å². The third-order valence-electron chi connectivity index (χ3n) is 4.26. The normalized spacial score (nSPS) is 21.2.